The molecule has 6 heteroatoms. The minimum absolute atomic E-state index is 0.111. The summed E-state index contributed by atoms with van der Waals surface area (Å²) in [5.74, 6) is -0.941. The minimum atomic E-state index is -0.960. The molecule has 0 spiro atoms. The number of unbranched alkanes of at least 4 members (excludes halogenated alkanes) is 23. The molecule has 0 saturated carbocycles. The maximum Gasteiger partial charge on any atom is 0.305 e. The summed E-state index contributed by atoms with van der Waals surface area (Å²) < 4.78 is 4.84. The van der Waals surface area contributed by atoms with Gasteiger partial charge in [0.15, 0.2) is 0 Å². The number of carbonyl (C=O) groups excluding carboxylic acids is 1. The van der Waals surface area contributed by atoms with E-state index in [0.717, 1.165) is 38.5 Å². The van der Waals surface area contributed by atoms with Gasteiger partial charge in [0, 0.05) is 12.8 Å². The van der Waals surface area contributed by atoms with Crippen LogP contribution < -0.4 is 0 Å². The summed E-state index contributed by atoms with van der Waals surface area (Å²) in [5, 5.41) is 26.2. The summed E-state index contributed by atoms with van der Waals surface area (Å²) in [6, 6.07) is 0. The van der Waals surface area contributed by atoms with Crippen LogP contribution in [0.2, 0.25) is 0 Å². The Kier molecular flexibility index (Phi) is 39.3. The number of allylic oxidation sites excluding steroid dienone is 2. The Labute approximate surface area is 266 Å². The highest BCUT2D eigenvalue weighted by Gasteiger charge is 2.07. The summed E-state index contributed by atoms with van der Waals surface area (Å²) in [6.07, 6.45) is 37.4. The Morgan fingerprint density at radius 1 is 0.558 bits per heavy atom. The molecule has 43 heavy (non-hydrogen) atoms. The van der Waals surface area contributed by atoms with Crippen molar-refractivity contribution in [3.05, 3.63) is 12.2 Å². The second kappa shape index (κ2) is 38.6. The van der Waals surface area contributed by atoms with E-state index in [1.54, 1.807) is 0 Å². The number of carboxylic acids is 1. The number of aliphatic hydroxyl groups is 2. The normalized spacial score (nSPS) is 11.8. The van der Waals surface area contributed by atoms with E-state index in [1.807, 2.05) is 0 Å². The van der Waals surface area contributed by atoms with Crippen molar-refractivity contribution in [3.8, 4) is 0 Å². The quantitative estimate of drug-likeness (QED) is 0.0396. The Morgan fingerprint density at radius 3 is 1.30 bits per heavy atom. The van der Waals surface area contributed by atoms with Crippen LogP contribution in [0, 0.1) is 0 Å². The number of hydrogen-bond donors (Lipinski definition) is 3. The van der Waals surface area contributed by atoms with E-state index >= 15 is 0 Å². The highest BCUT2D eigenvalue weighted by molar-refractivity contribution is 5.69. The largest absolute Gasteiger partial charge is 0.481 e. The summed E-state index contributed by atoms with van der Waals surface area (Å²) in [4.78, 5) is 21.7. The topological polar surface area (TPSA) is 104 Å². The fourth-order valence-corrected chi connectivity index (χ4v) is 4.95. The van der Waals surface area contributed by atoms with Gasteiger partial charge in [-0.05, 0) is 38.5 Å². The van der Waals surface area contributed by atoms with Crippen LogP contribution in [0.15, 0.2) is 12.2 Å². The van der Waals surface area contributed by atoms with Crippen molar-refractivity contribution in [2.75, 3.05) is 13.2 Å². The van der Waals surface area contributed by atoms with Gasteiger partial charge < -0.3 is 20.1 Å². The Hall–Kier alpha value is -1.40. The monoisotopic (exact) mass is 613 g/mol. The van der Waals surface area contributed by atoms with Gasteiger partial charge in [-0.2, -0.15) is 0 Å². The van der Waals surface area contributed by atoms with Gasteiger partial charge in [-0.1, -0.05) is 154 Å². The highest BCUT2D eigenvalue weighted by atomic mass is 16.5. The smallest absolute Gasteiger partial charge is 0.305 e. The zero-order chi connectivity index (χ0) is 32.1. The van der Waals surface area contributed by atoms with Gasteiger partial charge in [-0.3, -0.25) is 9.59 Å². The molecular formula is C37H72O6. The number of carbonyl (C=O) groups is 2. The van der Waals surface area contributed by atoms with Gasteiger partial charge in [0.1, 0.15) is 12.7 Å². The van der Waals surface area contributed by atoms with Crippen molar-refractivity contribution in [1.29, 1.82) is 0 Å². The Balaban J connectivity index is 0. The average Bonchev–Trinajstić information content (AvgIpc) is 3.00. The number of rotatable bonds is 32. The maximum absolute atomic E-state index is 11.3. The molecule has 0 aromatic heterocycles. The zero-order valence-corrected chi connectivity index (χ0v) is 28.5. The van der Waals surface area contributed by atoms with Crippen molar-refractivity contribution < 1.29 is 29.6 Å². The molecule has 0 aliphatic rings. The van der Waals surface area contributed by atoms with Crippen molar-refractivity contribution in [1.82, 2.24) is 0 Å². The molecule has 0 aliphatic heterocycles. The predicted octanol–water partition coefficient (Wildman–Crippen LogP) is 10.5. The van der Waals surface area contributed by atoms with Crippen LogP contribution in [-0.2, 0) is 14.3 Å². The number of esters is 1. The first-order valence-electron chi connectivity index (χ1n) is 18.3. The summed E-state index contributed by atoms with van der Waals surface area (Å²) >= 11 is 0. The number of hydrogen-bond acceptors (Lipinski definition) is 5. The lowest BCUT2D eigenvalue weighted by Gasteiger charge is -2.08. The molecule has 256 valence electrons. The van der Waals surface area contributed by atoms with E-state index in [1.165, 1.54) is 128 Å². The van der Waals surface area contributed by atoms with Gasteiger partial charge in [-0.15, -0.1) is 0 Å². The fourth-order valence-electron chi connectivity index (χ4n) is 4.95. The molecular weight excluding hydrogens is 540 g/mol. The van der Waals surface area contributed by atoms with Gasteiger partial charge >= 0.3 is 11.9 Å². The fraction of sp³-hybridized carbons (Fsp3) is 0.892. The number of aliphatic hydroxyl groups excluding tert-OH is 2. The summed E-state index contributed by atoms with van der Waals surface area (Å²) in [5.41, 5.74) is 0. The SMILES string of the molecule is CCCCCC/C=C\CCCCCCCC(=O)OCC(O)CO.CCCCCCCCCCCCCCCCCC(=O)O. The zero-order valence-electron chi connectivity index (χ0n) is 28.5. The van der Waals surface area contributed by atoms with E-state index in [0.29, 0.717) is 12.8 Å². The molecule has 3 N–H and O–H groups in total. The van der Waals surface area contributed by atoms with Crippen LogP contribution in [0.5, 0.6) is 0 Å². The van der Waals surface area contributed by atoms with Crippen LogP contribution in [0.25, 0.3) is 0 Å². The lowest BCUT2D eigenvalue weighted by Crippen LogP contribution is -2.21. The molecule has 0 rings (SSSR count). The minimum Gasteiger partial charge on any atom is -0.481 e. The van der Waals surface area contributed by atoms with Crippen LogP contribution in [0.4, 0.5) is 0 Å². The average molecular weight is 613 g/mol. The number of aliphatic carboxylic acids is 1. The third-order valence-electron chi connectivity index (χ3n) is 7.78. The first-order chi connectivity index (χ1) is 21.0. The lowest BCUT2D eigenvalue weighted by molar-refractivity contribution is -0.147. The van der Waals surface area contributed by atoms with Crippen molar-refractivity contribution in [3.63, 3.8) is 0 Å². The molecule has 0 bridgehead atoms. The first kappa shape index (κ1) is 43.7. The standard InChI is InChI=1S/C19H36O4.C18H36O2/c1-2-3-4-5-6-7-8-9-10-11-12-13-14-15-19(22)23-17-18(21)16-20;1-2-3-4-5-6-7-8-9-10-11-12-13-14-15-16-17-18(19)20/h7-8,18,20-21H,2-6,9-17H2,1H3;2-17H2,1H3,(H,19,20)/b8-7-;. The van der Waals surface area contributed by atoms with E-state index in [-0.39, 0.29) is 19.2 Å². The van der Waals surface area contributed by atoms with Gasteiger partial charge in [0.05, 0.1) is 6.61 Å². The van der Waals surface area contributed by atoms with Gasteiger partial charge in [0.2, 0.25) is 0 Å². The van der Waals surface area contributed by atoms with Crippen molar-refractivity contribution >= 4 is 11.9 Å². The molecule has 0 amide bonds. The van der Waals surface area contributed by atoms with E-state index in [2.05, 4.69) is 26.0 Å². The van der Waals surface area contributed by atoms with Gasteiger partial charge in [0.25, 0.3) is 0 Å². The summed E-state index contributed by atoms with van der Waals surface area (Å²) in [7, 11) is 0. The van der Waals surface area contributed by atoms with Crippen LogP contribution in [0.3, 0.4) is 0 Å². The van der Waals surface area contributed by atoms with Crippen LogP contribution >= 0.6 is 0 Å². The lowest BCUT2D eigenvalue weighted by atomic mass is 10.0. The summed E-state index contributed by atoms with van der Waals surface area (Å²) in [6.45, 7) is 4.02. The molecule has 0 saturated heterocycles. The molecule has 0 aliphatic carbocycles. The molecule has 1 atom stereocenters. The predicted molar refractivity (Wildman–Crippen MR) is 181 cm³/mol. The Bertz CT molecular complexity index is 592. The molecule has 0 radical (unpaired) electrons. The first-order valence-corrected chi connectivity index (χ1v) is 18.3. The number of carboxylic acid groups (broad SMARTS) is 1. The molecule has 0 heterocycles. The number of ether oxygens (including phenoxy) is 1. The molecule has 0 aromatic carbocycles. The molecule has 0 aromatic rings. The van der Waals surface area contributed by atoms with E-state index in [9.17, 15) is 9.59 Å². The second-order valence-corrected chi connectivity index (χ2v) is 12.2. The van der Waals surface area contributed by atoms with Crippen LogP contribution in [0.1, 0.15) is 194 Å². The van der Waals surface area contributed by atoms with E-state index in [4.69, 9.17) is 20.1 Å². The second-order valence-electron chi connectivity index (χ2n) is 12.2. The molecule has 6 nitrogen and oxygen atoms in total. The highest BCUT2D eigenvalue weighted by Crippen LogP contribution is 2.14. The molecule has 1 unspecified atom stereocenters. The third-order valence-corrected chi connectivity index (χ3v) is 7.78. The van der Waals surface area contributed by atoms with Crippen molar-refractivity contribution in [2.45, 2.75) is 200 Å². The van der Waals surface area contributed by atoms with Crippen LogP contribution in [-0.4, -0.2) is 46.6 Å². The van der Waals surface area contributed by atoms with Crippen molar-refractivity contribution in [2.24, 2.45) is 0 Å². The van der Waals surface area contributed by atoms with Gasteiger partial charge in [-0.25, -0.2) is 0 Å². The maximum atomic E-state index is 11.3. The Morgan fingerprint density at radius 2 is 0.907 bits per heavy atom. The molecule has 0 fully saturated rings. The third kappa shape index (κ3) is 42.8. The van der Waals surface area contributed by atoms with E-state index < -0.39 is 12.1 Å².